The Morgan fingerprint density at radius 3 is 2.43 bits per heavy atom. The molecular weight excluding hydrogens is 398 g/mol. The molecule has 2 aromatic heterocycles. The zero-order chi connectivity index (χ0) is 20.8. The zero-order valence-corrected chi connectivity index (χ0v) is 17.2. The molecule has 2 heterocycles. The zero-order valence-electron chi connectivity index (χ0n) is 16.4. The molecule has 0 radical (unpaired) electrons. The van der Waals surface area contributed by atoms with Crippen LogP contribution in [0.2, 0.25) is 0 Å². The van der Waals surface area contributed by atoms with E-state index in [1.54, 1.807) is 19.2 Å². The van der Waals surface area contributed by atoms with Gasteiger partial charge in [0, 0.05) is 24.5 Å². The molecule has 0 atom stereocenters. The van der Waals surface area contributed by atoms with Gasteiger partial charge in [0.05, 0.1) is 12.9 Å². The van der Waals surface area contributed by atoms with Crippen LogP contribution in [0.15, 0.2) is 84.3 Å². The summed E-state index contributed by atoms with van der Waals surface area (Å²) in [5.41, 5.74) is 1.87. The van der Waals surface area contributed by atoms with Crippen molar-refractivity contribution in [2.75, 3.05) is 18.2 Å². The van der Waals surface area contributed by atoms with Crippen molar-refractivity contribution in [3.05, 3.63) is 90.5 Å². The lowest BCUT2D eigenvalue weighted by Crippen LogP contribution is -2.16. The van der Waals surface area contributed by atoms with E-state index in [0.29, 0.717) is 11.6 Å². The second-order valence-electron chi connectivity index (χ2n) is 6.50. The van der Waals surface area contributed by atoms with E-state index >= 15 is 0 Å². The van der Waals surface area contributed by atoms with Crippen molar-refractivity contribution >= 4 is 23.4 Å². The van der Waals surface area contributed by atoms with Gasteiger partial charge in [0.15, 0.2) is 5.82 Å². The first kappa shape index (κ1) is 19.8. The molecule has 8 heteroatoms. The molecule has 4 aromatic rings. The standard InChI is InChI=1S/C22H21N5O2S/c1-29-19-11-9-18(10-12-19)23-21(28)16-30-22-25-24-20(15-17-7-3-2-4-8-17)27(22)26-13-5-6-14-26/h2-14H,15-16H2,1H3,(H,23,28). The van der Waals surface area contributed by atoms with E-state index in [0.717, 1.165) is 22.8 Å². The van der Waals surface area contributed by atoms with Crippen LogP contribution >= 0.6 is 11.8 Å². The van der Waals surface area contributed by atoms with Crippen molar-refractivity contribution in [3.8, 4) is 5.75 Å². The molecule has 0 spiro atoms. The van der Waals surface area contributed by atoms with Crippen LogP contribution in [0.25, 0.3) is 0 Å². The Morgan fingerprint density at radius 1 is 1.00 bits per heavy atom. The van der Waals surface area contributed by atoms with Gasteiger partial charge < -0.3 is 10.1 Å². The van der Waals surface area contributed by atoms with Gasteiger partial charge in [0.25, 0.3) is 0 Å². The highest BCUT2D eigenvalue weighted by Gasteiger charge is 2.16. The van der Waals surface area contributed by atoms with Crippen molar-refractivity contribution < 1.29 is 9.53 Å². The van der Waals surface area contributed by atoms with E-state index < -0.39 is 0 Å². The molecule has 0 saturated heterocycles. The summed E-state index contributed by atoms with van der Waals surface area (Å²) < 4.78 is 8.98. The maximum Gasteiger partial charge on any atom is 0.234 e. The van der Waals surface area contributed by atoms with E-state index in [4.69, 9.17) is 4.74 Å². The van der Waals surface area contributed by atoms with Crippen molar-refractivity contribution in [2.45, 2.75) is 11.6 Å². The van der Waals surface area contributed by atoms with Gasteiger partial charge in [-0.2, -0.15) is 0 Å². The van der Waals surface area contributed by atoms with E-state index in [1.165, 1.54) is 11.8 Å². The monoisotopic (exact) mass is 419 g/mol. The summed E-state index contributed by atoms with van der Waals surface area (Å²) in [4.78, 5) is 12.4. The number of hydrogen-bond donors (Lipinski definition) is 1. The van der Waals surface area contributed by atoms with Crippen molar-refractivity contribution in [2.24, 2.45) is 0 Å². The molecule has 1 amide bonds. The van der Waals surface area contributed by atoms with Crippen molar-refractivity contribution in [1.29, 1.82) is 0 Å². The molecule has 4 rings (SSSR count). The smallest absolute Gasteiger partial charge is 0.234 e. The van der Waals surface area contributed by atoms with Crippen molar-refractivity contribution in [3.63, 3.8) is 0 Å². The fourth-order valence-corrected chi connectivity index (χ4v) is 3.72. The summed E-state index contributed by atoms with van der Waals surface area (Å²) in [6.45, 7) is 0. The van der Waals surface area contributed by atoms with Gasteiger partial charge in [0.2, 0.25) is 11.1 Å². The van der Waals surface area contributed by atoms with Crippen LogP contribution in [-0.2, 0) is 11.2 Å². The largest absolute Gasteiger partial charge is 0.497 e. The predicted octanol–water partition coefficient (Wildman–Crippen LogP) is 3.72. The number of amides is 1. The van der Waals surface area contributed by atoms with Gasteiger partial charge in [-0.3, -0.25) is 9.47 Å². The van der Waals surface area contributed by atoms with Crippen LogP contribution < -0.4 is 10.1 Å². The number of hydrogen-bond acceptors (Lipinski definition) is 5. The number of aromatic nitrogens is 4. The Balaban J connectivity index is 1.47. The van der Waals surface area contributed by atoms with Gasteiger partial charge in [-0.25, -0.2) is 4.68 Å². The summed E-state index contributed by atoms with van der Waals surface area (Å²) in [7, 11) is 1.61. The minimum atomic E-state index is -0.114. The number of methoxy groups -OCH3 is 1. The summed E-state index contributed by atoms with van der Waals surface area (Å²) in [5.74, 6) is 1.65. The fraction of sp³-hybridized carbons (Fsp3) is 0.136. The Hall–Kier alpha value is -3.52. The topological polar surface area (TPSA) is 74.0 Å². The third kappa shape index (κ3) is 4.72. The highest BCUT2D eigenvalue weighted by atomic mass is 32.2. The molecule has 7 nitrogen and oxygen atoms in total. The molecule has 30 heavy (non-hydrogen) atoms. The number of rotatable bonds is 8. The first-order chi connectivity index (χ1) is 14.7. The van der Waals surface area contributed by atoms with E-state index in [1.807, 2.05) is 64.2 Å². The third-order valence-corrected chi connectivity index (χ3v) is 5.33. The van der Waals surface area contributed by atoms with E-state index in [2.05, 4.69) is 27.6 Å². The number of benzene rings is 2. The predicted molar refractivity (Wildman–Crippen MR) is 117 cm³/mol. The highest BCUT2D eigenvalue weighted by Crippen LogP contribution is 2.20. The van der Waals surface area contributed by atoms with Crippen LogP contribution in [0.4, 0.5) is 5.69 Å². The Kier molecular flexibility index (Phi) is 6.14. The molecule has 0 fully saturated rings. The van der Waals surface area contributed by atoms with Gasteiger partial charge in [0.1, 0.15) is 5.75 Å². The van der Waals surface area contributed by atoms with Gasteiger partial charge >= 0.3 is 0 Å². The van der Waals surface area contributed by atoms with Crippen LogP contribution in [-0.4, -0.2) is 38.3 Å². The molecule has 0 aliphatic carbocycles. The Bertz CT molecular complexity index is 1090. The first-order valence-corrected chi connectivity index (χ1v) is 10.4. The van der Waals surface area contributed by atoms with E-state index in [-0.39, 0.29) is 11.7 Å². The maximum atomic E-state index is 12.4. The van der Waals surface area contributed by atoms with Crippen molar-refractivity contribution in [1.82, 2.24) is 19.5 Å². The fourth-order valence-electron chi connectivity index (χ4n) is 2.97. The average Bonchev–Trinajstić information content (AvgIpc) is 3.43. The SMILES string of the molecule is COc1ccc(NC(=O)CSc2nnc(Cc3ccccc3)n2-n2cccc2)cc1. The van der Waals surface area contributed by atoms with E-state index in [9.17, 15) is 4.79 Å². The normalized spacial score (nSPS) is 10.7. The lowest BCUT2D eigenvalue weighted by atomic mass is 10.1. The molecular formula is C22H21N5O2S. The second kappa shape index (κ2) is 9.32. The van der Waals surface area contributed by atoms with Gasteiger partial charge in [-0.15, -0.1) is 10.2 Å². The summed E-state index contributed by atoms with van der Waals surface area (Å²) in [6.07, 6.45) is 4.50. The third-order valence-electron chi connectivity index (χ3n) is 4.41. The van der Waals surface area contributed by atoms with Crippen LogP contribution in [0.5, 0.6) is 5.75 Å². The summed E-state index contributed by atoms with van der Waals surface area (Å²) in [5, 5.41) is 12.2. The number of carbonyl (C=O) groups excluding carboxylic acids is 1. The van der Waals surface area contributed by atoms with Crippen LogP contribution in [0.1, 0.15) is 11.4 Å². The summed E-state index contributed by atoms with van der Waals surface area (Å²) in [6, 6.07) is 21.2. The van der Waals surface area contributed by atoms with Crippen LogP contribution in [0, 0.1) is 0 Å². The Morgan fingerprint density at radius 2 is 1.73 bits per heavy atom. The molecule has 0 saturated carbocycles. The number of nitrogens with zero attached hydrogens (tertiary/aromatic N) is 4. The molecule has 0 aliphatic heterocycles. The van der Waals surface area contributed by atoms with Crippen LogP contribution in [0.3, 0.4) is 0 Å². The second-order valence-corrected chi connectivity index (χ2v) is 7.44. The number of anilines is 1. The van der Waals surface area contributed by atoms with Gasteiger partial charge in [-0.1, -0.05) is 42.1 Å². The number of thioether (sulfide) groups is 1. The number of carbonyl (C=O) groups is 1. The quantitative estimate of drug-likeness (QED) is 0.441. The summed E-state index contributed by atoms with van der Waals surface area (Å²) >= 11 is 1.34. The number of ether oxygens (including phenoxy) is 1. The number of nitrogens with one attached hydrogen (secondary N) is 1. The molecule has 1 N–H and O–H groups in total. The molecule has 2 aromatic carbocycles. The molecule has 0 aliphatic rings. The Labute approximate surface area is 178 Å². The average molecular weight is 420 g/mol. The molecule has 0 bridgehead atoms. The molecule has 152 valence electrons. The van der Waals surface area contributed by atoms with Gasteiger partial charge in [-0.05, 0) is 42.0 Å². The maximum absolute atomic E-state index is 12.4. The minimum absolute atomic E-state index is 0.114. The highest BCUT2D eigenvalue weighted by molar-refractivity contribution is 7.99. The lowest BCUT2D eigenvalue weighted by Gasteiger charge is -2.11. The minimum Gasteiger partial charge on any atom is -0.497 e. The molecule has 0 unspecified atom stereocenters. The lowest BCUT2D eigenvalue weighted by molar-refractivity contribution is -0.113. The first-order valence-electron chi connectivity index (χ1n) is 9.41.